The monoisotopic (exact) mass is 307 g/mol. The van der Waals surface area contributed by atoms with E-state index in [0.717, 1.165) is 21.3 Å². The highest BCUT2D eigenvalue weighted by Crippen LogP contribution is 2.20. The number of rotatable bonds is 3. The minimum absolute atomic E-state index is 0.291. The molecule has 0 bridgehead atoms. The fraction of sp³-hybridized carbons (Fsp3) is 0.214. The molecule has 0 spiro atoms. The number of aromatic nitrogens is 1. The maximum absolute atomic E-state index is 11.7. The molecule has 94 valence electrons. The van der Waals surface area contributed by atoms with Gasteiger partial charge in [-0.2, -0.15) is 0 Å². The van der Waals surface area contributed by atoms with Gasteiger partial charge in [-0.25, -0.2) is 4.79 Å². The van der Waals surface area contributed by atoms with Crippen LogP contribution in [-0.4, -0.2) is 18.1 Å². The van der Waals surface area contributed by atoms with Crippen molar-refractivity contribution in [3.8, 4) is 0 Å². The lowest BCUT2D eigenvalue weighted by Crippen LogP contribution is -2.05. The molecule has 0 radical (unpaired) electrons. The van der Waals surface area contributed by atoms with Gasteiger partial charge in [0.2, 0.25) is 0 Å². The first-order valence-electron chi connectivity index (χ1n) is 5.61. The molecule has 0 saturated heterocycles. The number of esters is 1. The summed E-state index contributed by atoms with van der Waals surface area (Å²) in [6.45, 7) is 1.87. The zero-order valence-corrected chi connectivity index (χ0v) is 11.9. The highest BCUT2D eigenvalue weighted by atomic mass is 79.9. The van der Waals surface area contributed by atoms with Crippen LogP contribution >= 0.6 is 15.9 Å². The van der Waals surface area contributed by atoms with Gasteiger partial charge in [0.1, 0.15) is 0 Å². The Balaban J connectivity index is 2.29. The molecule has 0 aliphatic rings. The first kappa shape index (κ1) is 12.9. The molecule has 4 heteroatoms. The van der Waals surface area contributed by atoms with E-state index in [1.807, 2.05) is 37.4 Å². The Kier molecular flexibility index (Phi) is 3.87. The number of halogens is 1. The zero-order valence-electron chi connectivity index (χ0n) is 10.3. The predicted molar refractivity (Wildman–Crippen MR) is 73.8 cm³/mol. The average Bonchev–Trinajstić information content (AvgIpc) is 2.72. The van der Waals surface area contributed by atoms with Crippen LogP contribution in [0.4, 0.5) is 0 Å². The van der Waals surface area contributed by atoms with Crippen molar-refractivity contribution in [1.82, 2.24) is 4.98 Å². The number of hydrogen-bond acceptors (Lipinski definition) is 2. The molecule has 1 heterocycles. The molecule has 1 aromatic carbocycles. The number of ether oxygens (including phenoxy) is 1. The lowest BCUT2D eigenvalue weighted by molar-refractivity contribution is 0.0599. The van der Waals surface area contributed by atoms with E-state index in [0.29, 0.717) is 12.0 Å². The molecule has 18 heavy (non-hydrogen) atoms. The van der Waals surface area contributed by atoms with E-state index in [1.165, 1.54) is 7.11 Å². The van der Waals surface area contributed by atoms with E-state index in [1.54, 1.807) is 0 Å². The Hall–Kier alpha value is -1.55. The molecule has 0 atom stereocenters. The molecular weight excluding hydrogens is 294 g/mol. The Morgan fingerprint density at radius 2 is 2.00 bits per heavy atom. The summed E-state index contributed by atoms with van der Waals surface area (Å²) in [5.74, 6) is -0.291. The van der Waals surface area contributed by atoms with Crippen molar-refractivity contribution in [1.29, 1.82) is 0 Å². The van der Waals surface area contributed by atoms with Crippen molar-refractivity contribution in [2.45, 2.75) is 13.3 Å². The molecule has 0 aliphatic carbocycles. The Labute approximate surface area is 114 Å². The third-order valence-corrected chi connectivity index (χ3v) is 3.39. The van der Waals surface area contributed by atoms with Crippen molar-refractivity contribution in [2.75, 3.05) is 7.11 Å². The number of carbonyl (C=O) groups is 1. The summed E-state index contributed by atoms with van der Waals surface area (Å²) in [5.41, 5.74) is 3.60. The van der Waals surface area contributed by atoms with Crippen LogP contribution in [0.1, 0.15) is 27.2 Å². The van der Waals surface area contributed by atoms with Crippen LogP contribution in [0.15, 0.2) is 34.9 Å². The van der Waals surface area contributed by atoms with Crippen molar-refractivity contribution in [2.24, 2.45) is 0 Å². The van der Waals surface area contributed by atoms with Gasteiger partial charge in [0.15, 0.2) is 0 Å². The fourth-order valence-electron chi connectivity index (χ4n) is 1.93. The number of H-pyrrole nitrogens is 1. The number of benzene rings is 1. The molecule has 1 N–H and O–H groups in total. The number of nitrogens with one attached hydrogen (secondary N) is 1. The van der Waals surface area contributed by atoms with Gasteiger partial charge < -0.3 is 9.72 Å². The van der Waals surface area contributed by atoms with E-state index in [2.05, 4.69) is 20.9 Å². The van der Waals surface area contributed by atoms with Gasteiger partial charge in [0, 0.05) is 16.4 Å². The van der Waals surface area contributed by atoms with Gasteiger partial charge in [-0.1, -0.05) is 28.1 Å². The van der Waals surface area contributed by atoms with Crippen molar-refractivity contribution in [3.63, 3.8) is 0 Å². The fourth-order valence-corrected chi connectivity index (χ4v) is 2.19. The standard InChI is InChI=1S/C14H14BrNO2/c1-9-13(14(17)18-2)11(8-16-9)7-10-3-5-12(15)6-4-10/h3-6,8,16H,7H2,1-2H3. The highest BCUT2D eigenvalue weighted by molar-refractivity contribution is 9.10. The summed E-state index contributed by atoms with van der Waals surface area (Å²) in [6, 6.07) is 8.06. The normalized spacial score (nSPS) is 10.4. The van der Waals surface area contributed by atoms with Crippen LogP contribution in [0, 0.1) is 6.92 Å². The highest BCUT2D eigenvalue weighted by Gasteiger charge is 2.16. The van der Waals surface area contributed by atoms with Crippen LogP contribution in [0.2, 0.25) is 0 Å². The van der Waals surface area contributed by atoms with Gasteiger partial charge in [-0.15, -0.1) is 0 Å². The lowest BCUT2D eigenvalue weighted by atomic mass is 10.0. The maximum Gasteiger partial charge on any atom is 0.339 e. The molecule has 0 fully saturated rings. The predicted octanol–water partition coefficient (Wildman–Crippen LogP) is 3.46. The van der Waals surface area contributed by atoms with Gasteiger partial charge in [-0.05, 0) is 36.6 Å². The van der Waals surface area contributed by atoms with E-state index in [9.17, 15) is 4.79 Å². The quantitative estimate of drug-likeness (QED) is 0.882. The van der Waals surface area contributed by atoms with Crippen LogP contribution in [0.25, 0.3) is 0 Å². The zero-order chi connectivity index (χ0) is 13.1. The van der Waals surface area contributed by atoms with E-state index < -0.39 is 0 Å². The Morgan fingerprint density at radius 1 is 1.33 bits per heavy atom. The van der Waals surface area contributed by atoms with Crippen molar-refractivity contribution >= 4 is 21.9 Å². The first-order valence-corrected chi connectivity index (χ1v) is 6.40. The van der Waals surface area contributed by atoms with Gasteiger partial charge in [0.25, 0.3) is 0 Å². The summed E-state index contributed by atoms with van der Waals surface area (Å²) >= 11 is 3.40. The second-order valence-corrected chi connectivity index (χ2v) is 5.02. The largest absolute Gasteiger partial charge is 0.465 e. The molecule has 0 unspecified atom stereocenters. The molecular formula is C14H14BrNO2. The van der Waals surface area contributed by atoms with Crippen LogP contribution in [-0.2, 0) is 11.2 Å². The summed E-state index contributed by atoms with van der Waals surface area (Å²) in [6.07, 6.45) is 2.58. The molecule has 2 rings (SSSR count). The third-order valence-electron chi connectivity index (χ3n) is 2.86. The summed E-state index contributed by atoms with van der Waals surface area (Å²) < 4.78 is 5.85. The molecule has 1 aromatic heterocycles. The molecule has 0 saturated carbocycles. The molecule has 2 aromatic rings. The minimum atomic E-state index is -0.291. The van der Waals surface area contributed by atoms with Gasteiger partial charge >= 0.3 is 5.97 Å². The van der Waals surface area contributed by atoms with E-state index in [4.69, 9.17) is 4.74 Å². The number of hydrogen-bond donors (Lipinski definition) is 1. The minimum Gasteiger partial charge on any atom is -0.465 e. The third kappa shape index (κ3) is 2.64. The summed E-state index contributed by atoms with van der Waals surface area (Å²) in [4.78, 5) is 14.8. The number of carbonyl (C=O) groups excluding carboxylic acids is 1. The Bertz CT molecular complexity index is 558. The molecule has 3 nitrogen and oxygen atoms in total. The lowest BCUT2D eigenvalue weighted by Gasteiger charge is -2.04. The van der Waals surface area contributed by atoms with Gasteiger partial charge in [-0.3, -0.25) is 0 Å². The van der Waals surface area contributed by atoms with Crippen LogP contribution in [0.5, 0.6) is 0 Å². The first-order chi connectivity index (χ1) is 8.61. The number of aromatic amines is 1. The second-order valence-electron chi connectivity index (χ2n) is 4.11. The van der Waals surface area contributed by atoms with Crippen molar-refractivity contribution in [3.05, 3.63) is 57.3 Å². The van der Waals surface area contributed by atoms with Crippen LogP contribution < -0.4 is 0 Å². The average molecular weight is 308 g/mol. The second kappa shape index (κ2) is 5.40. The maximum atomic E-state index is 11.7. The molecule has 0 amide bonds. The smallest absolute Gasteiger partial charge is 0.339 e. The van der Waals surface area contributed by atoms with Crippen molar-refractivity contribution < 1.29 is 9.53 Å². The van der Waals surface area contributed by atoms with E-state index >= 15 is 0 Å². The molecule has 0 aliphatic heterocycles. The van der Waals surface area contributed by atoms with Crippen LogP contribution in [0.3, 0.4) is 0 Å². The number of aryl methyl sites for hydroxylation is 1. The summed E-state index contributed by atoms with van der Waals surface area (Å²) in [7, 11) is 1.40. The van der Waals surface area contributed by atoms with E-state index in [-0.39, 0.29) is 5.97 Å². The number of methoxy groups -OCH3 is 1. The Morgan fingerprint density at radius 3 is 2.61 bits per heavy atom. The van der Waals surface area contributed by atoms with Gasteiger partial charge in [0.05, 0.1) is 12.7 Å². The topological polar surface area (TPSA) is 42.1 Å². The summed E-state index contributed by atoms with van der Waals surface area (Å²) in [5, 5.41) is 0. The SMILES string of the molecule is COC(=O)c1c(Cc2ccc(Br)cc2)c[nH]c1C.